The average molecular weight is 225 g/mol. The number of nitrogen functional groups attached to an aromatic ring is 1. The number of nitrogens with two attached hydrogens (primary N) is 1. The standard InChI is InChI=1S/C7H9NO4S.Na/c1-12-6-4-2-3-5(8)7(6)13(9,10)11;/h2-4H,8H2,1H3,(H,9,10,11);/q;+1/p-1. The first-order chi connectivity index (χ1) is 5.96. The van der Waals surface area contributed by atoms with Crippen molar-refractivity contribution in [3.05, 3.63) is 18.2 Å². The monoisotopic (exact) mass is 225 g/mol. The molecule has 14 heavy (non-hydrogen) atoms. The van der Waals surface area contributed by atoms with Gasteiger partial charge in [-0.3, -0.25) is 0 Å². The summed E-state index contributed by atoms with van der Waals surface area (Å²) in [6.45, 7) is 0. The van der Waals surface area contributed by atoms with E-state index in [4.69, 9.17) is 10.5 Å². The van der Waals surface area contributed by atoms with Gasteiger partial charge in [0.15, 0.2) is 0 Å². The van der Waals surface area contributed by atoms with Gasteiger partial charge in [-0.05, 0) is 12.1 Å². The van der Waals surface area contributed by atoms with E-state index >= 15 is 0 Å². The van der Waals surface area contributed by atoms with Gasteiger partial charge in [-0.25, -0.2) is 8.42 Å². The third-order valence-corrected chi connectivity index (χ3v) is 2.42. The van der Waals surface area contributed by atoms with E-state index in [0.29, 0.717) is 0 Å². The molecule has 2 N–H and O–H groups in total. The molecule has 0 radical (unpaired) electrons. The van der Waals surface area contributed by atoms with Crippen LogP contribution in [0.25, 0.3) is 0 Å². The van der Waals surface area contributed by atoms with Gasteiger partial charge in [0, 0.05) is 0 Å². The Morgan fingerprint density at radius 3 is 2.36 bits per heavy atom. The first-order valence-electron chi connectivity index (χ1n) is 3.35. The van der Waals surface area contributed by atoms with E-state index in [1.807, 2.05) is 0 Å². The third kappa shape index (κ3) is 2.86. The second-order valence-corrected chi connectivity index (χ2v) is 3.65. The van der Waals surface area contributed by atoms with Gasteiger partial charge < -0.3 is 15.0 Å². The van der Waals surface area contributed by atoms with Gasteiger partial charge in [0.1, 0.15) is 20.8 Å². The Labute approximate surface area is 104 Å². The van der Waals surface area contributed by atoms with Crippen LogP contribution < -0.4 is 40.0 Å². The van der Waals surface area contributed by atoms with Crippen LogP contribution in [-0.2, 0) is 10.1 Å². The Bertz CT molecular complexity index is 418. The van der Waals surface area contributed by atoms with Crippen LogP contribution in [0.1, 0.15) is 0 Å². The summed E-state index contributed by atoms with van der Waals surface area (Å²) in [5.74, 6) is -0.0324. The summed E-state index contributed by atoms with van der Waals surface area (Å²) in [4.78, 5) is -0.502. The zero-order valence-electron chi connectivity index (χ0n) is 7.85. The molecule has 1 rings (SSSR count). The van der Waals surface area contributed by atoms with Crippen LogP contribution in [0.5, 0.6) is 5.75 Å². The van der Waals surface area contributed by atoms with Gasteiger partial charge in [-0.2, -0.15) is 0 Å². The molecule has 1 aromatic carbocycles. The van der Waals surface area contributed by atoms with Gasteiger partial charge in [0.25, 0.3) is 0 Å². The Morgan fingerprint density at radius 2 is 2.00 bits per heavy atom. The van der Waals surface area contributed by atoms with E-state index in [-0.39, 0.29) is 41.0 Å². The molecule has 0 amide bonds. The molecule has 0 fully saturated rings. The van der Waals surface area contributed by atoms with E-state index in [1.165, 1.54) is 25.3 Å². The predicted molar refractivity (Wildman–Crippen MR) is 45.4 cm³/mol. The van der Waals surface area contributed by atoms with Gasteiger partial charge in [-0.15, -0.1) is 0 Å². The number of benzene rings is 1. The minimum Gasteiger partial charge on any atom is -0.744 e. The summed E-state index contributed by atoms with van der Waals surface area (Å²) in [6, 6.07) is 4.19. The van der Waals surface area contributed by atoms with E-state index < -0.39 is 15.0 Å². The molecule has 0 bridgehead atoms. The van der Waals surface area contributed by atoms with E-state index in [2.05, 4.69) is 0 Å². The van der Waals surface area contributed by atoms with Gasteiger partial charge in [0.05, 0.1) is 12.8 Å². The smallest absolute Gasteiger partial charge is 0.744 e. The van der Waals surface area contributed by atoms with Crippen LogP contribution in [-0.4, -0.2) is 20.1 Å². The topological polar surface area (TPSA) is 92.5 Å². The zero-order chi connectivity index (χ0) is 10.1. The van der Waals surface area contributed by atoms with Gasteiger partial charge >= 0.3 is 29.6 Å². The molecule has 1 aromatic rings. The molecule has 0 aliphatic carbocycles. The van der Waals surface area contributed by atoms with Crippen molar-refractivity contribution in [1.82, 2.24) is 0 Å². The first-order valence-corrected chi connectivity index (χ1v) is 4.76. The predicted octanol–water partition coefficient (Wildman–Crippen LogP) is -2.81. The first kappa shape index (κ1) is 13.7. The number of methoxy groups -OCH3 is 1. The third-order valence-electron chi connectivity index (χ3n) is 1.48. The molecule has 72 valence electrons. The van der Waals surface area contributed by atoms with Crippen LogP contribution in [0.3, 0.4) is 0 Å². The minimum atomic E-state index is -4.58. The fourth-order valence-electron chi connectivity index (χ4n) is 0.961. The van der Waals surface area contributed by atoms with Crippen molar-refractivity contribution < 1.29 is 47.3 Å². The fraction of sp³-hybridized carbons (Fsp3) is 0.143. The largest absolute Gasteiger partial charge is 1.00 e. The van der Waals surface area contributed by atoms with Crippen molar-refractivity contribution >= 4 is 15.8 Å². The molecule has 0 aliphatic rings. The van der Waals surface area contributed by atoms with Crippen LogP contribution >= 0.6 is 0 Å². The Kier molecular flexibility index (Phi) is 4.90. The fourth-order valence-corrected chi connectivity index (χ4v) is 1.72. The summed E-state index contributed by atoms with van der Waals surface area (Å²) in [7, 11) is -3.31. The zero-order valence-corrected chi connectivity index (χ0v) is 10.7. The van der Waals surface area contributed by atoms with E-state index in [9.17, 15) is 13.0 Å². The number of anilines is 1. The minimum absolute atomic E-state index is 0. The van der Waals surface area contributed by atoms with Crippen molar-refractivity contribution in [2.24, 2.45) is 0 Å². The van der Waals surface area contributed by atoms with Crippen molar-refractivity contribution in [3.8, 4) is 5.75 Å². The molecular weight excluding hydrogens is 217 g/mol. The normalized spacial score (nSPS) is 10.4. The molecule has 0 saturated heterocycles. The molecule has 0 heterocycles. The van der Waals surface area contributed by atoms with Crippen molar-refractivity contribution in [2.75, 3.05) is 12.8 Å². The molecule has 7 heteroatoms. The number of ether oxygens (including phenoxy) is 1. The van der Waals surface area contributed by atoms with Crippen molar-refractivity contribution in [3.63, 3.8) is 0 Å². The molecule has 5 nitrogen and oxygen atoms in total. The van der Waals surface area contributed by atoms with Gasteiger partial charge in [-0.1, -0.05) is 6.07 Å². The van der Waals surface area contributed by atoms with Crippen molar-refractivity contribution in [2.45, 2.75) is 4.90 Å². The van der Waals surface area contributed by atoms with Gasteiger partial charge in [0.2, 0.25) is 0 Å². The second kappa shape index (κ2) is 4.99. The summed E-state index contributed by atoms with van der Waals surface area (Å²) >= 11 is 0. The summed E-state index contributed by atoms with van der Waals surface area (Å²) in [5.41, 5.74) is 5.22. The Balaban J connectivity index is 0.00000169. The van der Waals surface area contributed by atoms with Crippen LogP contribution in [0.15, 0.2) is 23.1 Å². The molecule has 0 spiro atoms. The quantitative estimate of drug-likeness (QED) is 0.333. The molecule has 0 unspecified atom stereocenters. The maximum Gasteiger partial charge on any atom is 1.00 e. The molecule has 0 aromatic heterocycles. The summed E-state index contributed by atoms with van der Waals surface area (Å²) in [5, 5.41) is 0. The van der Waals surface area contributed by atoms with Crippen LogP contribution in [0.2, 0.25) is 0 Å². The Hall–Kier alpha value is -0.270. The number of rotatable bonds is 2. The number of hydrogen-bond acceptors (Lipinski definition) is 5. The second-order valence-electron chi connectivity index (χ2n) is 2.33. The number of hydrogen-bond donors (Lipinski definition) is 1. The van der Waals surface area contributed by atoms with E-state index in [1.54, 1.807) is 0 Å². The van der Waals surface area contributed by atoms with Crippen LogP contribution in [0, 0.1) is 0 Å². The van der Waals surface area contributed by atoms with E-state index in [0.717, 1.165) is 0 Å². The molecule has 0 aliphatic heterocycles. The summed E-state index contributed by atoms with van der Waals surface area (Å²) in [6.07, 6.45) is 0. The maximum atomic E-state index is 10.7. The maximum absolute atomic E-state index is 10.7. The SMILES string of the molecule is COc1cccc(N)c1S(=O)(=O)[O-].[Na+]. The summed E-state index contributed by atoms with van der Waals surface area (Å²) < 4.78 is 36.8. The average Bonchev–Trinajstić information content (AvgIpc) is 2.01. The molecule has 0 atom stereocenters. The van der Waals surface area contributed by atoms with Crippen LogP contribution in [0.4, 0.5) is 5.69 Å². The molecule has 0 saturated carbocycles. The Morgan fingerprint density at radius 1 is 1.43 bits per heavy atom. The van der Waals surface area contributed by atoms with Crippen molar-refractivity contribution in [1.29, 1.82) is 0 Å². The molecular formula is C7H8NNaO4S.